The van der Waals surface area contributed by atoms with Gasteiger partial charge in [-0.2, -0.15) is 0 Å². The molecule has 0 saturated carbocycles. The molecule has 0 radical (unpaired) electrons. The van der Waals surface area contributed by atoms with Crippen LogP contribution in [0.3, 0.4) is 0 Å². The third kappa shape index (κ3) is 5.10. The van der Waals surface area contributed by atoms with Crippen LogP contribution in [-0.4, -0.2) is 16.2 Å². The van der Waals surface area contributed by atoms with Gasteiger partial charge >= 0.3 is 37.7 Å². The molecule has 1 rings (SSSR count). The van der Waals surface area contributed by atoms with Gasteiger partial charge in [0.25, 0.3) is 0 Å². The second-order valence-corrected chi connectivity index (χ2v) is 2.82. The van der Waals surface area contributed by atoms with Crippen molar-refractivity contribution in [3.05, 3.63) is 23.7 Å². The van der Waals surface area contributed by atoms with Gasteiger partial charge in [0.05, 0.1) is 11.3 Å². The predicted octanol–water partition coefficient (Wildman–Crippen LogP) is -7.99. The first-order chi connectivity index (χ1) is 5.24. The first-order valence-electron chi connectivity index (χ1n) is 3.09. The molecule has 7 heteroatoms. The van der Waals surface area contributed by atoms with E-state index in [1.807, 2.05) is 0 Å². The SMILES string of the molecule is O=S=C1C=C(B([O-])[O-])C=CC1.[Li+].[Li+]. The molecule has 0 heterocycles. The molecule has 1 aliphatic rings. The summed E-state index contributed by atoms with van der Waals surface area (Å²) in [4.78, 5) is 0.527. The van der Waals surface area contributed by atoms with Crippen molar-refractivity contribution in [3.63, 3.8) is 0 Å². The Morgan fingerprint density at radius 1 is 1.38 bits per heavy atom. The maximum atomic E-state index is 10.3. The first-order valence-corrected chi connectivity index (χ1v) is 3.83. The molecule has 0 unspecified atom stereocenters. The van der Waals surface area contributed by atoms with E-state index in [-0.39, 0.29) is 43.2 Å². The summed E-state index contributed by atoms with van der Waals surface area (Å²) in [6.07, 6.45) is 5.04. The van der Waals surface area contributed by atoms with Crippen LogP contribution < -0.4 is 47.8 Å². The van der Waals surface area contributed by atoms with Crippen LogP contribution in [0.25, 0.3) is 0 Å². The summed E-state index contributed by atoms with van der Waals surface area (Å²) in [7, 11) is -1.98. The van der Waals surface area contributed by atoms with E-state index >= 15 is 0 Å². The van der Waals surface area contributed by atoms with Crippen LogP contribution in [0.5, 0.6) is 0 Å². The zero-order chi connectivity index (χ0) is 8.27. The first kappa shape index (κ1) is 16.0. The second-order valence-electron chi connectivity index (χ2n) is 2.13. The number of allylic oxidation sites excluding steroid dienone is 4. The van der Waals surface area contributed by atoms with Crippen molar-refractivity contribution >= 4 is 23.2 Å². The van der Waals surface area contributed by atoms with Crippen LogP contribution in [0.1, 0.15) is 6.42 Å². The normalized spacial score (nSPS) is 13.7. The Hall–Kier alpha value is 0.550. The maximum Gasteiger partial charge on any atom is 1.00 e. The number of hydrogen-bond acceptors (Lipinski definition) is 3. The van der Waals surface area contributed by atoms with E-state index in [2.05, 4.69) is 0 Å². The molecule has 0 bridgehead atoms. The molecule has 13 heavy (non-hydrogen) atoms. The summed E-state index contributed by atoms with van der Waals surface area (Å²) in [6, 6.07) is 0. The standard InChI is InChI=1S/C6H5BO3S.2Li/c8-7(9)5-2-1-3-6(4-5)11-10;;/h1-2,4H,3H2;;/q-2;2*+1. The van der Waals surface area contributed by atoms with Crippen molar-refractivity contribution in [1.29, 1.82) is 0 Å². The van der Waals surface area contributed by atoms with E-state index < -0.39 is 7.12 Å². The molecule has 58 valence electrons. The van der Waals surface area contributed by atoms with E-state index in [1.54, 1.807) is 6.08 Å². The average molecular weight is 182 g/mol. The minimum atomic E-state index is -1.98. The van der Waals surface area contributed by atoms with Gasteiger partial charge in [-0.1, -0.05) is 25.3 Å². The second kappa shape index (κ2) is 7.91. The molecule has 0 N–H and O–H groups in total. The van der Waals surface area contributed by atoms with Gasteiger partial charge < -0.3 is 10.0 Å². The Kier molecular flexibility index (Phi) is 9.73. The van der Waals surface area contributed by atoms with Gasteiger partial charge in [0, 0.05) is 11.3 Å². The molecule has 3 nitrogen and oxygen atoms in total. The summed E-state index contributed by atoms with van der Waals surface area (Å²) >= 11 is 0.328. The summed E-state index contributed by atoms with van der Waals surface area (Å²) in [5.74, 6) is 0. The molecule has 0 amide bonds. The average Bonchev–Trinajstić information content (AvgIpc) is 2.05. The Morgan fingerprint density at radius 3 is 2.46 bits per heavy atom. The number of hydrogen-bond donors (Lipinski definition) is 0. The van der Waals surface area contributed by atoms with Crippen LogP contribution in [0.15, 0.2) is 23.7 Å². The Balaban J connectivity index is 0. The van der Waals surface area contributed by atoms with Crippen LogP contribution in [-0.2, 0) is 11.3 Å². The zero-order valence-corrected chi connectivity index (χ0v) is 8.47. The zero-order valence-electron chi connectivity index (χ0n) is 7.65. The van der Waals surface area contributed by atoms with Gasteiger partial charge in [-0.3, -0.25) is 0 Å². The van der Waals surface area contributed by atoms with Crippen molar-refractivity contribution in [3.8, 4) is 0 Å². The minimum absolute atomic E-state index is 0. The Morgan fingerprint density at radius 2 is 2.00 bits per heavy atom. The van der Waals surface area contributed by atoms with Gasteiger partial charge in [-0.05, 0) is 0 Å². The van der Waals surface area contributed by atoms with E-state index in [4.69, 9.17) is 0 Å². The third-order valence-electron chi connectivity index (χ3n) is 1.34. The number of rotatable bonds is 1. The third-order valence-corrected chi connectivity index (χ3v) is 1.83. The molecular weight excluding hydrogens is 177 g/mol. The summed E-state index contributed by atoms with van der Waals surface area (Å²) in [5, 5.41) is 20.7. The smallest absolute Gasteiger partial charge is 0.889 e. The summed E-state index contributed by atoms with van der Waals surface area (Å²) in [6.45, 7) is 0. The molecule has 0 aliphatic heterocycles. The van der Waals surface area contributed by atoms with Gasteiger partial charge in [0.2, 0.25) is 0 Å². The van der Waals surface area contributed by atoms with Crippen molar-refractivity contribution < 1.29 is 52.0 Å². The van der Waals surface area contributed by atoms with Crippen LogP contribution in [0.4, 0.5) is 0 Å². The quantitative estimate of drug-likeness (QED) is 0.298. The minimum Gasteiger partial charge on any atom is -0.889 e. The molecule has 0 atom stereocenters. The van der Waals surface area contributed by atoms with E-state index in [9.17, 15) is 14.3 Å². The summed E-state index contributed by atoms with van der Waals surface area (Å²) in [5.41, 5.74) is 0.148. The molecular formula is C6H5BLi2O3S. The fraction of sp³-hybridized carbons (Fsp3) is 0.167. The van der Waals surface area contributed by atoms with Gasteiger partial charge in [0.15, 0.2) is 0 Å². The molecule has 1 aliphatic carbocycles. The van der Waals surface area contributed by atoms with Crippen LogP contribution in [0.2, 0.25) is 0 Å². The largest absolute Gasteiger partial charge is 1.00 e. The topological polar surface area (TPSA) is 63.2 Å². The van der Waals surface area contributed by atoms with Gasteiger partial charge in [-0.25, -0.2) is 4.21 Å². The van der Waals surface area contributed by atoms with E-state index in [0.717, 1.165) is 0 Å². The van der Waals surface area contributed by atoms with Crippen molar-refractivity contribution in [2.24, 2.45) is 0 Å². The van der Waals surface area contributed by atoms with Crippen molar-refractivity contribution in [1.82, 2.24) is 0 Å². The Bertz CT molecular complexity index is 271. The fourth-order valence-corrected chi connectivity index (χ4v) is 1.16. The van der Waals surface area contributed by atoms with Crippen LogP contribution >= 0.6 is 0 Å². The monoisotopic (exact) mass is 182 g/mol. The molecule has 0 saturated heterocycles. The summed E-state index contributed by atoms with van der Waals surface area (Å²) < 4.78 is 10.3. The van der Waals surface area contributed by atoms with Gasteiger partial charge in [0.1, 0.15) is 0 Å². The van der Waals surface area contributed by atoms with E-state index in [0.29, 0.717) is 22.5 Å². The molecule has 0 spiro atoms. The molecule has 0 aromatic carbocycles. The van der Waals surface area contributed by atoms with Gasteiger partial charge in [-0.15, -0.1) is 5.47 Å². The van der Waals surface area contributed by atoms with E-state index in [1.165, 1.54) is 12.2 Å². The van der Waals surface area contributed by atoms with Crippen molar-refractivity contribution in [2.75, 3.05) is 0 Å². The molecule has 0 fully saturated rings. The maximum absolute atomic E-state index is 10.3. The predicted molar refractivity (Wildman–Crippen MR) is 40.7 cm³/mol. The molecule has 0 aromatic heterocycles. The van der Waals surface area contributed by atoms with Crippen LogP contribution in [0, 0.1) is 0 Å². The Labute approximate surface area is 105 Å². The fourth-order valence-electron chi connectivity index (χ4n) is 0.809. The van der Waals surface area contributed by atoms with Crippen molar-refractivity contribution in [2.45, 2.75) is 6.42 Å². The molecule has 0 aromatic rings.